The molecule has 1 aliphatic rings. The zero-order valence-corrected chi connectivity index (χ0v) is 12.5. The van der Waals surface area contributed by atoms with Crippen LogP contribution in [0.15, 0.2) is 0 Å². The number of methoxy groups -OCH3 is 1. The van der Waals surface area contributed by atoms with Gasteiger partial charge in [-0.2, -0.15) is 5.26 Å². The molecule has 0 aromatic heterocycles. The Morgan fingerprint density at radius 1 is 1.37 bits per heavy atom. The van der Waals surface area contributed by atoms with Crippen molar-refractivity contribution < 1.29 is 9.53 Å². The summed E-state index contributed by atoms with van der Waals surface area (Å²) in [7, 11) is 1.58. The number of piperazine rings is 1. The Balaban J connectivity index is 2.59. The van der Waals surface area contributed by atoms with Crippen LogP contribution in [-0.4, -0.2) is 60.6 Å². The summed E-state index contributed by atoms with van der Waals surface area (Å²) in [5, 5.41) is 9.07. The third-order valence-electron chi connectivity index (χ3n) is 4.16. The van der Waals surface area contributed by atoms with Crippen LogP contribution in [0.2, 0.25) is 0 Å². The highest BCUT2D eigenvalue weighted by molar-refractivity contribution is 5.84. The predicted octanol–water partition coefficient (Wildman–Crippen LogP) is 1.25. The second kappa shape index (κ2) is 6.88. The zero-order chi connectivity index (χ0) is 14.5. The van der Waals surface area contributed by atoms with Gasteiger partial charge in [-0.25, -0.2) is 0 Å². The molecule has 5 heteroatoms. The molecular formula is C14H25N3O2. The fourth-order valence-electron chi connectivity index (χ4n) is 2.39. The molecule has 0 aromatic rings. The lowest BCUT2D eigenvalue weighted by atomic mass is 10.0. The van der Waals surface area contributed by atoms with Crippen LogP contribution in [0.3, 0.4) is 0 Å². The summed E-state index contributed by atoms with van der Waals surface area (Å²) in [5.74, 6) is 0.0576. The van der Waals surface area contributed by atoms with Gasteiger partial charge in [0.15, 0.2) is 0 Å². The number of ether oxygens (including phenoxy) is 1. The van der Waals surface area contributed by atoms with E-state index in [0.29, 0.717) is 19.5 Å². The van der Waals surface area contributed by atoms with Crippen molar-refractivity contribution >= 4 is 5.91 Å². The first-order valence-corrected chi connectivity index (χ1v) is 7.00. The number of hydrogen-bond acceptors (Lipinski definition) is 4. The average Bonchev–Trinajstić information content (AvgIpc) is 2.47. The summed E-state index contributed by atoms with van der Waals surface area (Å²) in [6.45, 7) is 8.70. The van der Waals surface area contributed by atoms with Crippen LogP contribution in [0.5, 0.6) is 0 Å². The standard InChI is InChI=1S/C14H25N3O2/c1-5-12(11-15)16-7-9-17(10-8-16)13(18)14(3,6-2)19-4/h12H,5-10H2,1-4H3. The Morgan fingerprint density at radius 3 is 2.32 bits per heavy atom. The van der Waals surface area contributed by atoms with Gasteiger partial charge in [0.2, 0.25) is 0 Å². The first kappa shape index (κ1) is 15.9. The van der Waals surface area contributed by atoms with Gasteiger partial charge in [0, 0.05) is 33.3 Å². The summed E-state index contributed by atoms with van der Waals surface area (Å²) in [6, 6.07) is 2.29. The first-order valence-electron chi connectivity index (χ1n) is 7.00. The van der Waals surface area contributed by atoms with E-state index in [9.17, 15) is 4.79 Å². The van der Waals surface area contributed by atoms with Gasteiger partial charge in [0.05, 0.1) is 12.1 Å². The van der Waals surface area contributed by atoms with Crippen LogP contribution in [0, 0.1) is 11.3 Å². The third-order valence-corrected chi connectivity index (χ3v) is 4.16. The minimum absolute atomic E-state index is 0.0303. The van der Waals surface area contributed by atoms with Crippen molar-refractivity contribution in [3.63, 3.8) is 0 Å². The fraction of sp³-hybridized carbons (Fsp3) is 0.857. The zero-order valence-electron chi connectivity index (χ0n) is 12.5. The summed E-state index contributed by atoms with van der Waals surface area (Å²) < 4.78 is 5.36. The molecule has 0 aliphatic carbocycles. The monoisotopic (exact) mass is 267 g/mol. The van der Waals surface area contributed by atoms with Crippen molar-refractivity contribution in [2.24, 2.45) is 0 Å². The van der Waals surface area contributed by atoms with Gasteiger partial charge in [-0.1, -0.05) is 13.8 Å². The van der Waals surface area contributed by atoms with Crippen LogP contribution in [0.1, 0.15) is 33.6 Å². The van der Waals surface area contributed by atoms with E-state index < -0.39 is 5.60 Å². The van der Waals surface area contributed by atoms with Crippen LogP contribution in [-0.2, 0) is 9.53 Å². The second-order valence-electron chi connectivity index (χ2n) is 5.17. The lowest BCUT2D eigenvalue weighted by Gasteiger charge is -2.40. The molecule has 0 radical (unpaired) electrons. The van der Waals surface area contributed by atoms with Crippen molar-refractivity contribution in [1.82, 2.24) is 9.80 Å². The molecule has 0 N–H and O–H groups in total. The lowest BCUT2D eigenvalue weighted by Crippen LogP contribution is -2.56. The Bertz CT molecular complexity index is 339. The SMILES string of the molecule is CCC(C#N)N1CCN(C(=O)C(C)(CC)OC)CC1. The van der Waals surface area contributed by atoms with Gasteiger partial charge >= 0.3 is 0 Å². The highest BCUT2D eigenvalue weighted by Gasteiger charge is 2.36. The van der Waals surface area contributed by atoms with E-state index in [1.54, 1.807) is 7.11 Å². The molecule has 1 fully saturated rings. The van der Waals surface area contributed by atoms with Crippen LogP contribution < -0.4 is 0 Å². The average molecular weight is 267 g/mol. The van der Waals surface area contributed by atoms with E-state index in [1.165, 1.54) is 0 Å². The molecule has 0 bridgehead atoms. The van der Waals surface area contributed by atoms with Crippen LogP contribution >= 0.6 is 0 Å². The number of carbonyl (C=O) groups is 1. The highest BCUT2D eigenvalue weighted by atomic mass is 16.5. The number of nitriles is 1. The summed E-state index contributed by atoms with van der Waals surface area (Å²) in [5.41, 5.74) is -0.721. The van der Waals surface area contributed by atoms with Gasteiger partial charge in [-0.05, 0) is 19.8 Å². The number of rotatable bonds is 5. The van der Waals surface area contributed by atoms with Crippen LogP contribution in [0.25, 0.3) is 0 Å². The van der Waals surface area contributed by atoms with Gasteiger partial charge in [0.25, 0.3) is 5.91 Å². The topological polar surface area (TPSA) is 56.6 Å². The molecular weight excluding hydrogens is 242 g/mol. The number of amides is 1. The van der Waals surface area contributed by atoms with E-state index in [0.717, 1.165) is 19.5 Å². The van der Waals surface area contributed by atoms with Crippen molar-refractivity contribution in [2.45, 2.75) is 45.3 Å². The predicted molar refractivity (Wildman–Crippen MR) is 73.6 cm³/mol. The van der Waals surface area contributed by atoms with Gasteiger partial charge in [-0.15, -0.1) is 0 Å². The van der Waals surface area contributed by atoms with E-state index in [-0.39, 0.29) is 11.9 Å². The molecule has 1 saturated heterocycles. The second-order valence-corrected chi connectivity index (χ2v) is 5.17. The fourth-order valence-corrected chi connectivity index (χ4v) is 2.39. The third kappa shape index (κ3) is 3.46. The molecule has 2 atom stereocenters. The maximum atomic E-state index is 12.4. The molecule has 2 unspecified atom stereocenters. The minimum Gasteiger partial charge on any atom is -0.369 e. The molecule has 0 aromatic carbocycles. The van der Waals surface area contributed by atoms with E-state index in [4.69, 9.17) is 10.00 Å². The van der Waals surface area contributed by atoms with Crippen LogP contribution in [0.4, 0.5) is 0 Å². The Kier molecular flexibility index (Phi) is 5.77. The smallest absolute Gasteiger partial charge is 0.254 e. The van der Waals surface area contributed by atoms with Gasteiger partial charge in [-0.3, -0.25) is 9.69 Å². The molecule has 0 spiro atoms. The molecule has 1 rings (SSSR count). The summed E-state index contributed by atoms with van der Waals surface area (Å²) >= 11 is 0. The molecule has 1 amide bonds. The molecule has 0 saturated carbocycles. The molecule has 5 nitrogen and oxygen atoms in total. The largest absolute Gasteiger partial charge is 0.369 e. The first-order chi connectivity index (χ1) is 9.02. The summed E-state index contributed by atoms with van der Waals surface area (Å²) in [4.78, 5) is 16.4. The quantitative estimate of drug-likeness (QED) is 0.752. The number of carbonyl (C=O) groups excluding carboxylic acids is 1. The summed E-state index contributed by atoms with van der Waals surface area (Å²) in [6.07, 6.45) is 1.49. The van der Waals surface area contributed by atoms with E-state index >= 15 is 0 Å². The molecule has 1 heterocycles. The van der Waals surface area contributed by atoms with E-state index in [2.05, 4.69) is 11.0 Å². The minimum atomic E-state index is -0.721. The van der Waals surface area contributed by atoms with Gasteiger partial charge in [0.1, 0.15) is 5.60 Å². The van der Waals surface area contributed by atoms with Gasteiger partial charge < -0.3 is 9.64 Å². The molecule has 1 aliphatic heterocycles. The van der Waals surface area contributed by atoms with Crippen molar-refractivity contribution in [3.05, 3.63) is 0 Å². The maximum Gasteiger partial charge on any atom is 0.254 e. The number of nitrogens with zero attached hydrogens (tertiary/aromatic N) is 3. The van der Waals surface area contributed by atoms with Crippen molar-refractivity contribution in [3.8, 4) is 6.07 Å². The number of hydrogen-bond donors (Lipinski definition) is 0. The Hall–Kier alpha value is -1.12. The Labute approximate surface area is 116 Å². The Morgan fingerprint density at radius 2 is 1.95 bits per heavy atom. The van der Waals surface area contributed by atoms with E-state index in [1.807, 2.05) is 25.7 Å². The maximum absolute atomic E-state index is 12.4. The van der Waals surface area contributed by atoms with Crippen molar-refractivity contribution in [1.29, 1.82) is 5.26 Å². The normalized spacial score (nSPS) is 21.5. The highest BCUT2D eigenvalue weighted by Crippen LogP contribution is 2.19. The molecule has 19 heavy (non-hydrogen) atoms. The van der Waals surface area contributed by atoms with Crippen molar-refractivity contribution in [2.75, 3.05) is 33.3 Å². The lowest BCUT2D eigenvalue weighted by molar-refractivity contribution is -0.155. The molecule has 108 valence electrons.